The summed E-state index contributed by atoms with van der Waals surface area (Å²) in [6.45, 7) is 4.04. The number of fused-ring (bicyclic) bond motifs is 4. The van der Waals surface area contributed by atoms with Crippen LogP contribution >= 0.6 is 0 Å². The molecule has 0 unspecified atom stereocenters. The molecule has 5 rings (SSSR count). The maximum Gasteiger partial charge on any atom is 0.131 e. The zero-order valence-electron chi connectivity index (χ0n) is 14.7. The molecule has 0 saturated carbocycles. The molecule has 0 radical (unpaired) electrons. The second-order valence-corrected chi connectivity index (χ2v) is 7.19. The van der Waals surface area contributed by atoms with Crippen molar-refractivity contribution in [3.63, 3.8) is 0 Å². The molecule has 0 amide bonds. The van der Waals surface area contributed by atoms with E-state index in [2.05, 4.69) is 24.3 Å². The Balaban J connectivity index is 1.97. The van der Waals surface area contributed by atoms with Gasteiger partial charge in [-0.3, -0.25) is 0 Å². The van der Waals surface area contributed by atoms with Gasteiger partial charge in [0.1, 0.15) is 11.5 Å². The first kappa shape index (κ1) is 15.0. The molecule has 0 atom stereocenters. The van der Waals surface area contributed by atoms with Crippen molar-refractivity contribution in [2.75, 3.05) is 0 Å². The highest BCUT2D eigenvalue weighted by Crippen LogP contribution is 2.41. The van der Waals surface area contributed by atoms with Crippen LogP contribution in [0.1, 0.15) is 11.1 Å². The second-order valence-electron chi connectivity index (χ2n) is 7.19. The van der Waals surface area contributed by atoms with Gasteiger partial charge in [-0.25, -0.2) is 0 Å². The first-order chi connectivity index (χ1) is 12.5. The zero-order valence-corrected chi connectivity index (χ0v) is 14.7. The van der Waals surface area contributed by atoms with E-state index in [1.807, 2.05) is 50.2 Å². The third-order valence-corrected chi connectivity index (χ3v) is 5.28. The van der Waals surface area contributed by atoms with E-state index in [9.17, 15) is 10.2 Å². The van der Waals surface area contributed by atoms with Crippen LogP contribution < -0.4 is 0 Å². The molecule has 0 aliphatic rings. The number of phenolic OH excluding ortho intramolecular Hbond substituents is 2. The first-order valence-electron chi connectivity index (χ1n) is 8.73. The lowest BCUT2D eigenvalue weighted by Gasteiger charge is -2.12. The van der Waals surface area contributed by atoms with Crippen molar-refractivity contribution in [2.45, 2.75) is 13.8 Å². The molecule has 0 heterocycles. The van der Waals surface area contributed by atoms with Crippen LogP contribution in [0.4, 0.5) is 0 Å². The molecule has 0 bridgehead atoms. The van der Waals surface area contributed by atoms with Gasteiger partial charge in [0.25, 0.3) is 0 Å². The number of rotatable bonds is 0. The highest BCUT2D eigenvalue weighted by atomic mass is 16.3. The van der Waals surface area contributed by atoms with Crippen LogP contribution in [0.3, 0.4) is 0 Å². The molecule has 2 heteroatoms. The Bertz CT molecular complexity index is 1260. The highest BCUT2D eigenvalue weighted by Gasteiger charge is 2.12. The van der Waals surface area contributed by atoms with Crippen molar-refractivity contribution in [3.05, 3.63) is 71.8 Å². The molecule has 0 aromatic heterocycles. The summed E-state index contributed by atoms with van der Waals surface area (Å²) in [5.41, 5.74) is 2.22. The molecule has 5 aromatic carbocycles. The van der Waals surface area contributed by atoms with Crippen molar-refractivity contribution < 1.29 is 10.2 Å². The van der Waals surface area contributed by atoms with Gasteiger partial charge in [0, 0.05) is 21.5 Å². The van der Waals surface area contributed by atoms with E-state index in [1.54, 1.807) is 0 Å². The lowest BCUT2D eigenvalue weighted by atomic mass is 9.95. The minimum atomic E-state index is 0.270. The van der Waals surface area contributed by atoms with E-state index in [-0.39, 0.29) is 11.5 Å². The summed E-state index contributed by atoms with van der Waals surface area (Å²) >= 11 is 0. The topological polar surface area (TPSA) is 40.5 Å². The third-order valence-electron chi connectivity index (χ3n) is 5.28. The average molecular weight is 338 g/mol. The zero-order chi connectivity index (χ0) is 18.0. The lowest BCUT2D eigenvalue weighted by molar-refractivity contribution is 0.487. The van der Waals surface area contributed by atoms with Crippen molar-refractivity contribution in [1.82, 2.24) is 0 Å². The first-order valence-corrected chi connectivity index (χ1v) is 8.73. The predicted octanol–water partition coefficient (Wildman–Crippen LogP) is 6.33. The van der Waals surface area contributed by atoms with Gasteiger partial charge in [-0.1, -0.05) is 35.4 Å². The van der Waals surface area contributed by atoms with E-state index in [4.69, 9.17) is 0 Å². The fourth-order valence-corrected chi connectivity index (χ4v) is 3.91. The molecule has 5 aromatic rings. The minimum absolute atomic E-state index is 0.270. The standard InChI is InChI=1S/C24H18O2/c1-13-3-5-15-9-17-11-18-10-16-6-4-14(2)8-20(16)24(26)22(18)12-21(17)23(25)19(15)7-13/h3-12,25-26H,1-2H3. The van der Waals surface area contributed by atoms with Crippen LogP contribution in [0.15, 0.2) is 60.7 Å². The molecule has 0 fully saturated rings. The molecular weight excluding hydrogens is 320 g/mol. The van der Waals surface area contributed by atoms with Crippen LogP contribution in [0.2, 0.25) is 0 Å². The maximum absolute atomic E-state index is 10.9. The molecule has 2 nitrogen and oxygen atoms in total. The van der Waals surface area contributed by atoms with Crippen LogP contribution in [-0.2, 0) is 0 Å². The summed E-state index contributed by atoms with van der Waals surface area (Å²) in [6, 6.07) is 20.3. The van der Waals surface area contributed by atoms with Gasteiger partial charge in [0.15, 0.2) is 0 Å². The Morgan fingerprint density at radius 1 is 0.462 bits per heavy atom. The maximum atomic E-state index is 10.9. The lowest BCUT2D eigenvalue weighted by Crippen LogP contribution is -1.84. The van der Waals surface area contributed by atoms with Crippen molar-refractivity contribution in [1.29, 1.82) is 0 Å². The number of benzene rings is 5. The Kier molecular flexibility index (Phi) is 2.96. The largest absolute Gasteiger partial charge is 0.507 e. The molecule has 0 aliphatic carbocycles. The van der Waals surface area contributed by atoms with Crippen LogP contribution in [0.25, 0.3) is 43.1 Å². The van der Waals surface area contributed by atoms with Crippen molar-refractivity contribution in [2.24, 2.45) is 0 Å². The summed E-state index contributed by atoms with van der Waals surface area (Å²) < 4.78 is 0. The quantitative estimate of drug-likeness (QED) is 0.324. The molecule has 0 aliphatic heterocycles. The average Bonchev–Trinajstić information content (AvgIpc) is 2.62. The Hall–Kier alpha value is -3.26. The van der Waals surface area contributed by atoms with E-state index in [0.29, 0.717) is 0 Å². The van der Waals surface area contributed by atoms with Gasteiger partial charge in [0.2, 0.25) is 0 Å². The third kappa shape index (κ3) is 2.05. The number of aromatic hydroxyl groups is 2. The monoisotopic (exact) mass is 338 g/mol. The molecule has 26 heavy (non-hydrogen) atoms. The van der Waals surface area contributed by atoms with E-state index in [0.717, 1.165) is 54.2 Å². The Morgan fingerprint density at radius 3 is 1.31 bits per heavy atom. The Labute approximate surface area is 150 Å². The smallest absolute Gasteiger partial charge is 0.131 e. The van der Waals surface area contributed by atoms with E-state index in [1.165, 1.54) is 0 Å². The molecule has 2 N–H and O–H groups in total. The number of aryl methyl sites for hydroxylation is 2. The second kappa shape index (κ2) is 5.12. The van der Waals surface area contributed by atoms with Crippen LogP contribution in [0, 0.1) is 13.8 Å². The molecule has 0 saturated heterocycles. The van der Waals surface area contributed by atoms with Crippen LogP contribution in [-0.4, -0.2) is 10.2 Å². The van der Waals surface area contributed by atoms with Gasteiger partial charge < -0.3 is 10.2 Å². The molecule has 0 spiro atoms. The molecule has 126 valence electrons. The van der Waals surface area contributed by atoms with Gasteiger partial charge in [-0.15, -0.1) is 0 Å². The summed E-state index contributed by atoms with van der Waals surface area (Å²) in [5, 5.41) is 28.9. The summed E-state index contributed by atoms with van der Waals surface area (Å²) in [5.74, 6) is 0.540. The van der Waals surface area contributed by atoms with E-state index >= 15 is 0 Å². The van der Waals surface area contributed by atoms with E-state index < -0.39 is 0 Å². The summed E-state index contributed by atoms with van der Waals surface area (Å²) in [4.78, 5) is 0. The van der Waals surface area contributed by atoms with Crippen LogP contribution in [0.5, 0.6) is 11.5 Å². The van der Waals surface area contributed by atoms with Crippen molar-refractivity contribution >= 4 is 43.1 Å². The van der Waals surface area contributed by atoms with Gasteiger partial charge >= 0.3 is 0 Å². The molecular formula is C24H18O2. The van der Waals surface area contributed by atoms with Gasteiger partial charge in [0.05, 0.1) is 0 Å². The number of hydrogen-bond donors (Lipinski definition) is 2. The predicted molar refractivity (Wildman–Crippen MR) is 109 cm³/mol. The highest BCUT2D eigenvalue weighted by molar-refractivity contribution is 6.14. The number of hydrogen-bond acceptors (Lipinski definition) is 2. The fourth-order valence-electron chi connectivity index (χ4n) is 3.91. The SMILES string of the molecule is Cc1ccc2cc3cc4cc5ccc(C)cc5c(O)c4cc3c(O)c2c1. The van der Waals surface area contributed by atoms with Gasteiger partial charge in [-0.05, 0) is 71.8 Å². The van der Waals surface area contributed by atoms with Crippen molar-refractivity contribution in [3.8, 4) is 11.5 Å². The summed E-state index contributed by atoms with van der Waals surface area (Å²) in [7, 11) is 0. The summed E-state index contributed by atoms with van der Waals surface area (Å²) in [6.07, 6.45) is 0. The van der Waals surface area contributed by atoms with Gasteiger partial charge in [-0.2, -0.15) is 0 Å². The Morgan fingerprint density at radius 2 is 0.846 bits per heavy atom. The minimum Gasteiger partial charge on any atom is -0.507 e. The number of phenols is 2. The fraction of sp³-hybridized carbons (Fsp3) is 0.0833. The normalized spacial score (nSPS) is 11.8.